The molecule has 0 saturated carbocycles. The maximum Gasteiger partial charge on any atom is 0.259 e. The maximum atomic E-state index is 13.1. The van der Waals surface area contributed by atoms with Crippen molar-refractivity contribution in [3.63, 3.8) is 0 Å². The van der Waals surface area contributed by atoms with Crippen LogP contribution in [-0.2, 0) is 0 Å². The number of nitrogens with one attached hydrogen (secondary N) is 1. The molecule has 1 aromatic heterocycles. The summed E-state index contributed by atoms with van der Waals surface area (Å²) in [5.41, 5.74) is 2.35. The zero-order valence-corrected chi connectivity index (χ0v) is 17.0. The van der Waals surface area contributed by atoms with Crippen LogP contribution in [0.1, 0.15) is 16.1 Å². The molecule has 4 nitrogen and oxygen atoms in total. The lowest BCUT2D eigenvalue weighted by Crippen LogP contribution is -2.15. The quantitative estimate of drug-likeness (QED) is 0.435. The fourth-order valence-corrected chi connectivity index (χ4v) is 3.81. The molecular weight excluding hydrogens is 397 g/mol. The van der Waals surface area contributed by atoms with Gasteiger partial charge in [0, 0.05) is 21.6 Å². The summed E-state index contributed by atoms with van der Waals surface area (Å²) >= 11 is 1.58. The minimum atomic E-state index is -0.321. The average molecular weight is 415 g/mol. The third-order valence-electron chi connectivity index (χ3n) is 4.43. The molecule has 0 fully saturated rings. The summed E-state index contributed by atoms with van der Waals surface area (Å²) in [5.74, 6) is -0.151. The molecule has 4 rings (SSSR count). The number of aryl methyl sites for hydroxylation is 1. The van der Waals surface area contributed by atoms with Crippen LogP contribution in [0.5, 0.6) is 0 Å². The van der Waals surface area contributed by atoms with E-state index in [4.69, 9.17) is 0 Å². The normalized spacial score (nSPS) is 10.6. The summed E-state index contributed by atoms with van der Waals surface area (Å²) in [5, 5.41) is 2.97. The van der Waals surface area contributed by atoms with Crippen LogP contribution in [-0.4, -0.2) is 15.9 Å². The lowest BCUT2D eigenvalue weighted by molar-refractivity contribution is 0.102. The number of amides is 1. The molecule has 0 saturated heterocycles. The van der Waals surface area contributed by atoms with E-state index >= 15 is 0 Å². The molecule has 3 aromatic carbocycles. The Bertz CT molecular complexity index is 1180. The Labute approximate surface area is 178 Å². The molecular formula is C24H18FN3OS. The lowest BCUT2D eigenvalue weighted by atomic mass is 10.1. The van der Waals surface area contributed by atoms with Crippen LogP contribution in [0, 0.1) is 12.7 Å². The lowest BCUT2D eigenvalue weighted by Gasteiger charge is -2.12. The molecule has 0 aliphatic rings. The summed E-state index contributed by atoms with van der Waals surface area (Å²) in [4.78, 5) is 23.6. The molecule has 0 bridgehead atoms. The van der Waals surface area contributed by atoms with Crippen LogP contribution in [0.4, 0.5) is 10.1 Å². The summed E-state index contributed by atoms with van der Waals surface area (Å²) < 4.78 is 13.1. The first kappa shape index (κ1) is 19.8. The Morgan fingerprint density at radius 1 is 0.933 bits per heavy atom. The molecule has 1 amide bonds. The van der Waals surface area contributed by atoms with Crippen molar-refractivity contribution in [1.82, 2.24) is 9.97 Å². The molecule has 148 valence electrons. The fourth-order valence-electron chi connectivity index (χ4n) is 2.89. The molecule has 1 heterocycles. The van der Waals surface area contributed by atoms with Gasteiger partial charge in [0.25, 0.3) is 5.91 Å². The first-order valence-corrected chi connectivity index (χ1v) is 10.1. The number of hydrogen-bond acceptors (Lipinski definition) is 4. The van der Waals surface area contributed by atoms with E-state index < -0.39 is 0 Å². The van der Waals surface area contributed by atoms with E-state index in [2.05, 4.69) is 15.3 Å². The number of halogens is 1. The van der Waals surface area contributed by atoms with Crippen LogP contribution < -0.4 is 5.32 Å². The van der Waals surface area contributed by atoms with Gasteiger partial charge in [0.2, 0.25) is 0 Å². The predicted molar refractivity (Wildman–Crippen MR) is 117 cm³/mol. The van der Waals surface area contributed by atoms with Crippen molar-refractivity contribution in [3.8, 4) is 11.4 Å². The van der Waals surface area contributed by atoms with Gasteiger partial charge in [-0.15, -0.1) is 0 Å². The summed E-state index contributed by atoms with van der Waals surface area (Å²) in [7, 11) is 0. The highest BCUT2D eigenvalue weighted by Gasteiger charge is 2.15. The van der Waals surface area contributed by atoms with Crippen LogP contribution in [0.15, 0.2) is 94.9 Å². The maximum absolute atomic E-state index is 13.1. The third kappa shape index (κ3) is 4.55. The zero-order chi connectivity index (χ0) is 20.9. The first-order valence-electron chi connectivity index (χ1n) is 9.33. The molecule has 0 aliphatic carbocycles. The molecule has 0 atom stereocenters. The standard InChI is InChI=1S/C24H18FN3OS/c1-16-20(15-26-23(27-16)17-11-13-18(25)14-12-17)24(29)28-21-9-5-6-10-22(21)30-19-7-3-2-4-8-19/h2-15H,1H3,(H,28,29). The van der Waals surface area contributed by atoms with Gasteiger partial charge >= 0.3 is 0 Å². The number of hydrogen-bond donors (Lipinski definition) is 1. The number of rotatable bonds is 5. The minimum Gasteiger partial charge on any atom is -0.321 e. The van der Waals surface area contributed by atoms with E-state index in [0.29, 0.717) is 22.6 Å². The molecule has 4 aromatic rings. The van der Waals surface area contributed by atoms with Crippen LogP contribution in [0.3, 0.4) is 0 Å². The van der Waals surface area contributed by atoms with Crippen molar-refractivity contribution < 1.29 is 9.18 Å². The molecule has 6 heteroatoms. The van der Waals surface area contributed by atoms with Gasteiger partial charge in [-0.3, -0.25) is 4.79 Å². The Balaban J connectivity index is 1.55. The number of carbonyl (C=O) groups is 1. The zero-order valence-electron chi connectivity index (χ0n) is 16.2. The first-order chi connectivity index (χ1) is 14.6. The van der Waals surface area contributed by atoms with Gasteiger partial charge in [0.15, 0.2) is 5.82 Å². The highest BCUT2D eigenvalue weighted by Crippen LogP contribution is 2.33. The number of nitrogens with zero attached hydrogens (tertiary/aromatic N) is 2. The van der Waals surface area contributed by atoms with Crippen LogP contribution in [0.2, 0.25) is 0 Å². The van der Waals surface area contributed by atoms with E-state index in [0.717, 1.165) is 15.5 Å². The number of carbonyl (C=O) groups excluding carboxylic acids is 1. The predicted octanol–water partition coefficient (Wildman–Crippen LogP) is 5.99. The molecule has 0 radical (unpaired) electrons. The molecule has 0 aliphatic heterocycles. The van der Waals surface area contributed by atoms with Crippen molar-refractivity contribution in [2.24, 2.45) is 0 Å². The smallest absolute Gasteiger partial charge is 0.259 e. The number of benzene rings is 3. The second kappa shape index (κ2) is 8.88. The van der Waals surface area contributed by atoms with Crippen LogP contribution in [0.25, 0.3) is 11.4 Å². The Morgan fingerprint density at radius 2 is 1.63 bits per heavy atom. The van der Waals surface area contributed by atoms with Gasteiger partial charge in [-0.1, -0.05) is 42.1 Å². The number of aromatic nitrogens is 2. The van der Waals surface area contributed by atoms with E-state index in [-0.39, 0.29) is 11.7 Å². The third-order valence-corrected chi connectivity index (χ3v) is 5.52. The van der Waals surface area contributed by atoms with Gasteiger partial charge < -0.3 is 5.32 Å². The topological polar surface area (TPSA) is 54.9 Å². The minimum absolute atomic E-state index is 0.278. The summed E-state index contributed by atoms with van der Waals surface area (Å²) in [6, 6.07) is 23.6. The van der Waals surface area contributed by atoms with E-state index in [1.54, 1.807) is 30.8 Å². The van der Waals surface area contributed by atoms with E-state index in [9.17, 15) is 9.18 Å². The summed E-state index contributed by atoms with van der Waals surface area (Å²) in [6.45, 7) is 1.76. The highest BCUT2D eigenvalue weighted by molar-refractivity contribution is 7.99. The van der Waals surface area contributed by atoms with E-state index in [1.165, 1.54) is 18.3 Å². The molecule has 0 spiro atoms. The summed E-state index contributed by atoms with van der Waals surface area (Å²) in [6.07, 6.45) is 1.50. The van der Waals surface area contributed by atoms with Gasteiger partial charge in [-0.05, 0) is 55.5 Å². The SMILES string of the molecule is Cc1nc(-c2ccc(F)cc2)ncc1C(=O)Nc1ccccc1Sc1ccccc1. The fraction of sp³-hybridized carbons (Fsp3) is 0.0417. The monoisotopic (exact) mass is 415 g/mol. The average Bonchev–Trinajstić information content (AvgIpc) is 2.76. The van der Waals surface area contributed by atoms with Gasteiger partial charge in [0.1, 0.15) is 5.82 Å². The van der Waals surface area contributed by atoms with Gasteiger partial charge in [0.05, 0.1) is 16.9 Å². The Hall–Kier alpha value is -3.51. The Kier molecular flexibility index (Phi) is 5.86. The highest BCUT2D eigenvalue weighted by atomic mass is 32.2. The van der Waals surface area contributed by atoms with Crippen molar-refractivity contribution in [2.75, 3.05) is 5.32 Å². The molecule has 0 unspecified atom stereocenters. The second-order valence-electron chi connectivity index (χ2n) is 6.56. The van der Waals surface area contributed by atoms with Crippen molar-refractivity contribution in [2.45, 2.75) is 16.7 Å². The van der Waals surface area contributed by atoms with E-state index in [1.807, 2.05) is 54.6 Å². The van der Waals surface area contributed by atoms with Crippen molar-refractivity contribution in [1.29, 1.82) is 0 Å². The van der Waals surface area contributed by atoms with Crippen LogP contribution >= 0.6 is 11.8 Å². The van der Waals surface area contributed by atoms with Crippen molar-refractivity contribution in [3.05, 3.63) is 102 Å². The molecule has 30 heavy (non-hydrogen) atoms. The second-order valence-corrected chi connectivity index (χ2v) is 7.68. The Morgan fingerprint density at radius 3 is 2.37 bits per heavy atom. The number of anilines is 1. The molecule has 1 N–H and O–H groups in total. The largest absolute Gasteiger partial charge is 0.321 e. The van der Waals surface area contributed by atoms with Gasteiger partial charge in [-0.25, -0.2) is 14.4 Å². The van der Waals surface area contributed by atoms with Crippen molar-refractivity contribution >= 4 is 23.4 Å². The number of para-hydroxylation sites is 1. The van der Waals surface area contributed by atoms with Gasteiger partial charge in [-0.2, -0.15) is 0 Å².